The van der Waals surface area contributed by atoms with Crippen LogP contribution in [0.4, 0.5) is 5.69 Å². The van der Waals surface area contributed by atoms with Crippen molar-refractivity contribution in [3.05, 3.63) is 49.1 Å². The Bertz CT molecular complexity index is 659. The van der Waals surface area contributed by atoms with Gasteiger partial charge in [0.2, 0.25) is 11.8 Å². The number of aromatic hydroxyl groups is 1. The van der Waals surface area contributed by atoms with Crippen molar-refractivity contribution in [2.24, 2.45) is 29.6 Å². The van der Waals surface area contributed by atoms with Crippen LogP contribution in [0.5, 0.6) is 5.75 Å². The van der Waals surface area contributed by atoms with Crippen molar-refractivity contribution in [1.82, 2.24) is 0 Å². The van der Waals surface area contributed by atoms with E-state index in [0.717, 1.165) is 6.42 Å². The van der Waals surface area contributed by atoms with Gasteiger partial charge in [-0.3, -0.25) is 14.5 Å². The molecule has 1 aromatic carbocycles. The number of fused-ring (bicyclic) bond motifs is 5. The number of hydrogen-bond donors (Lipinski definition) is 1. The van der Waals surface area contributed by atoms with Gasteiger partial charge in [0.05, 0.1) is 17.5 Å². The molecule has 1 aliphatic heterocycles. The fourth-order valence-corrected chi connectivity index (χ4v) is 4.46. The van der Waals surface area contributed by atoms with Gasteiger partial charge in [-0.15, -0.1) is 6.58 Å². The highest BCUT2D eigenvalue weighted by Gasteiger charge is 2.63. The minimum Gasteiger partial charge on any atom is -0.508 e. The van der Waals surface area contributed by atoms with Crippen molar-refractivity contribution in [2.75, 3.05) is 4.90 Å². The van der Waals surface area contributed by atoms with E-state index in [0.29, 0.717) is 11.6 Å². The third-order valence-corrected chi connectivity index (χ3v) is 5.32. The highest BCUT2D eigenvalue weighted by Crippen LogP contribution is 2.57. The number of carbonyl (C=O) groups is 2. The van der Waals surface area contributed by atoms with Crippen LogP contribution in [0.2, 0.25) is 0 Å². The molecule has 1 saturated heterocycles. The zero-order valence-electron chi connectivity index (χ0n) is 12.1. The van der Waals surface area contributed by atoms with Crippen LogP contribution in [0.25, 0.3) is 0 Å². The van der Waals surface area contributed by atoms with Crippen LogP contribution < -0.4 is 4.90 Å². The molecule has 112 valence electrons. The Morgan fingerprint density at radius 1 is 1.05 bits per heavy atom. The lowest BCUT2D eigenvalue weighted by molar-refractivity contribution is -0.123. The number of amides is 2. The van der Waals surface area contributed by atoms with Crippen LogP contribution in [0, 0.1) is 29.6 Å². The molecule has 2 bridgehead atoms. The summed E-state index contributed by atoms with van der Waals surface area (Å²) in [5, 5.41) is 9.37. The number of phenols is 1. The molecule has 0 spiro atoms. The zero-order valence-corrected chi connectivity index (χ0v) is 12.1. The Hall–Kier alpha value is -2.36. The summed E-state index contributed by atoms with van der Waals surface area (Å²) < 4.78 is 0. The average molecular weight is 295 g/mol. The van der Waals surface area contributed by atoms with Crippen LogP contribution in [-0.2, 0) is 9.59 Å². The Labute approximate surface area is 128 Å². The van der Waals surface area contributed by atoms with Gasteiger partial charge in [-0.2, -0.15) is 0 Å². The smallest absolute Gasteiger partial charge is 0.238 e. The summed E-state index contributed by atoms with van der Waals surface area (Å²) in [6.45, 7) is 3.79. The van der Waals surface area contributed by atoms with Crippen molar-refractivity contribution in [3.8, 4) is 5.75 Å². The highest BCUT2D eigenvalue weighted by atomic mass is 16.3. The number of carbonyl (C=O) groups excluding carboxylic acids is 2. The zero-order chi connectivity index (χ0) is 15.4. The third-order valence-electron chi connectivity index (χ3n) is 5.32. The molecule has 4 unspecified atom stereocenters. The van der Waals surface area contributed by atoms with Crippen LogP contribution in [-0.4, -0.2) is 16.9 Å². The van der Waals surface area contributed by atoms with Crippen molar-refractivity contribution < 1.29 is 14.7 Å². The predicted molar refractivity (Wildman–Crippen MR) is 82.0 cm³/mol. The maximum Gasteiger partial charge on any atom is 0.238 e. The molecule has 1 saturated carbocycles. The van der Waals surface area contributed by atoms with Gasteiger partial charge < -0.3 is 5.11 Å². The summed E-state index contributed by atoms with van der Waals surface area (Å²) >= 11 is 0. The summed E-state index contributed by atoms with van der Waals surface area (Å²) in [5.74, 6) is 0.0667. The van der Waals surface area contributed by atoms with Crippen molar-refractivity contribution in [1.29, 1.82) is 0 Å². The van der Waals surface area contributed by atoms with Crippen molar-refractivity contribution >= 4 is 17.5 Å². The minimum absolute atomic E-state index is 0.105. The monoisotopic (exact) mass is 295 g/mol. The lowest BCUT2D eigenvalue weighted by Crippen LogP contribution is -2.34. The molecule has 3 aliphatic rings. The van der Waals surface area contributed by atoms with Gasteiger partial charge in [-0.25, -0.2) is 0 Å². The average Bonchev–Trinajstić information content (AvgIpc) is 3.12. The van der Waals surface area contributed by atoms with E-state index in [2.05, 4.69) is 18.7 Å². The van der Waals surface area contributed by atoms with Crippen LogP contribution in [0.15, 0.2) is 49.1 Å². The number of phenolic OH excluding ortho intramolecular Hbond substituents is 1. The molecule has 2 aliphatic carbocycles. The quantitative estimate of drug-likeness (QED) is 0.688. The number of nitrogens with zero attached hydrogens (tertiary/aromatic N) is 1. The van der Waals surface area contributed by atoms with E-state index in [1.807, 2.05) is 6.08 Å². The molecule has 4 nitrogen and oxygen atoms in total. The summed E-state index contributed by atoms with van der Waals surface area (Å²) in [4.78, 5) is 26.9. The first-order valence-electron chi connectivity index (χ1n) is 7.59. The van der Waals surface area contributed by atoms with Gasteiger partial charge in [0.25, 0.3) is 0 Å². The molecule has 2 fully saturated rings. The number of hydrogen-bond acceptors (Lipinski definition) is 3. The second-order valence-electron chi connectivity index (χ2n) is 6.31. The molecule has 4 heteroatoms. The molecule has 0 radical (unpaired) electrons. The van der Waals surface area contributed by atoms with Gasteiger partial charge in [-0.1, -0.05) is 18.2 Å². The Kier molecular flexibility index (Phi) is 2.76. The molecule has 1 aromatic rings. The third kappa shape index (κ3) is 1.58. The number of benzene rings is 1. The molecule has 4 atom stereocenters. The fourth-order valence-electron chi connectivity index (χ4n) is 4.46. The van der Waals surface area contributed by atoms with E-state index in [1.54, 1.807) is 12.1 Å². The summed E-state index contributed by atoms with van der Waals surface area (Å²) in [6, 6.07) is 6.22. The van der Waals surface area contributed by atoms with E-state index in [4.69, 9.17) is 0 Å². The lowest BCUT2D eigenvalue weighted by atomic mass is 9.85. The predicted octanol–water partition coefficient (Wildman–Crippen LogP) is 2.51. The molecule has 1 heterocycles. The summed E-state index contributed by atoms with van der Waals surface area (Å²) in [5.41, 5.74) is 0.543. The van der Waals surface area contributed by atoms with E-state index in [9.17, 15) is 14.7 Å². The lowest BCUT2D eigenvalue weighted by Gasteiger charge is -2.21. The maximum absolute atomic E-state index is 12.8. The first kappa shape index (κ1) is 13.3. The van der Waals surface area contributed by atoms with E-state index in [1.165, 1.54) is 17.0 Å². The van der Waals surface area contributed by atoms with Crippen LogP contribution >= 0.6 is 0 Å². The van der Waals surface area contributed by atoms with Gasteiger partial charge >= 0.3 is 0 Å². The van der Waals surface area contributed by atoms with Gasteiger partial charge in [-0.05, 0) is 48.4 Å². The highest BCUT2D eigenvalue weighted by molar-refractivity contribution is 6.22. The number of rotatable bonds is 3. The Morgan fingerprint density at radius 2 is 1.59 bits per heavy atom. The second-order valence-corrected chi connectivity index (χ2v) is 6.31. The normalized spacial score (nSPS) is 35.3. The SMILES string of the molecule is C=CCC1C2C=CC1C1C(=O)N(c3ccc(O)cc3)C(=O)C21. The van der Waals surface area contributed by atoms with Gasteiger partial charge in [0.15, 0.2) is 0 Å². The van der Waals surface area contributed by atoms with E-state index < -0.39 is 0 Å². The van der Waals surface area contributed by atoms with Crippen LogP contribution in [0.1, 0.15) is 6.42 Å². The van der Waals surface area contributed by atoms with Crippen molar-refractivity contribution in [3.63, 3.8) is 0 Å². The number of allylic oxidation sites excluding steroid dienone is 3. The maximum atomic E-state index is 12.8. The summed E-state index contributed by atoms with van der Waals surface area (Å²) in [6.07, 6.45) is 6.93. The molecule has 1 N–H and O–H groups in total. The Balaban J connectivity index is 1.69. The van der Waals surface area contributed by atoms with Crippen LogP contribution in [0.3, 0.4) is 0 Å². The minimum atomic E-state index is -0.235. The molecule has 2 amide bonds. The standard InChI is InChI=1S/C18H17NO3/c1-2-3-12-13-8-9-14(12)16-15(13)17(21)19(18(16)22)10-4-6-11(20)7-5-10/h2,4-9,12-16,20H,1,3H2. The molecule has 0 aromatic heterocycles. The fraction of sp³-hybridized carbons (Fsp3) is 0.333. The second kappa shape index (κ2) is 4.57. The Morgan fingerprint density at radius 3 is 2.09 bits per heavy atom. The largest absolute Gasteiger partial charge is 0.508 e. The first-order chi connectivity index (χ1) is 10.6. The van der Waals surface area contributed by atoms with E-state index >= 15 is 0 Å². The van der Waals surface area contributed by atoms with Gasteiger partial charge in [0, 0.05) is 0 Å². The molecule has 22 heavy (non-hydrogen) atoms. The molecular formula is C18H17NO3. The van der Waals surface area contributed by atoms with Gasteiger partial charge in [0.1, 0.15) is 5.75 Å². The van der Waals surface area contributed by atoms with E-state index in [-0.39, 0.29) is 41.2 Å². The molecule has 4 rings (SSSR count). The number of anilines is 1. The summed E-state index contributed by atoms with van der Waals surface area (Å²) in [7, 11) is 0. The molecular weight excluding hydrogens is 278 g/mol. The topological polar surface area (TPSA) is 57.6 Å². The van der Waals surface area contributed by atoms with Crippen molar-refractivity contribution in [2.45, 2.75) is 6.42 Å². The number of imide groups is 1. The first-order valence-corrected chi connectivity index (χ1v) is 7.59.